The van der Waals surface area contributed by atoms with Gasteiger partial charge in [0.2, 0.25) is 0 Å². The fourth-order valence-electron chi connectivity index (χ4n) is 0.964. The van der Waals surface area contributed by atoms with Gasteiger partial charge in [0.05, 0.1) is 7.11 Å². The molecule has 0 rings (SSSR count). The third-order valence-electron chi connectivity index (χ3n) is 1.72. The first-order valence-electron chi connectivity index (χ1n) is 5.19. The molecule has 0 amide bonds. The lowest BCUT2D eigenvalue weighted by molar-refractivity contribution is -0.112. The lowest BCUT2D eigenvalue weighted by Crippen LogP contribution is -2.03. The minimum atomic E-state index is -0.672. The van der Waals surface area contributed by atoms with E-state index in [1.165, 1.54) is 14.0 Å². The molecule has 0 bridgehead atoms. The van der Waals surface area contributed by atoms with Gasteiger partial charge < -0.3 is 9.47 Å². The number of hydrogen-bond acceptors (Lipinski definition) is 4. The molecular weight excluding hydrogens is 208 g/mol. The van der Waals surface area contributed by atoms with Crippen LogP contribution in [-0.2, 0) is 14.3 Å². The highest BCUT2D eigenvalue weighted by molar-refractivity contribution is 5.87. The summed E-state index contributed by atoms with van der Waals surface area (Å²) in [5.41, 5.74) is 0. The Bertz CT molecular complexity index is 266. The highest BCUT2D eigenvalue weighted by atomic mass is 16.7. The molecule has 0 aliphatic rings. The molecule has 4 nitrogen and oxygen atoms in total. The SMILES string of the molecule is COC(=O)OC/C=C/CCC/C=C\C(C)=O. The normalized spacial score (nSPS) is 10.9. The maximum atomic E-state index is 10.5. The summed E-state index contributed by atoms with van der Waals surface area (Å²) in [7, 11) is 1.27. The molecule has 0 fully saturated rings. The number of hydrogen-bond donors (Lipinski definition) is 0. The molecule has 0 atom stereocenters. The molecule has 0 aromatic rings. The summed E-state index contributed by atoms with van der Waals surface area (Å²) >= 11 is 0. The molecule has 0 heterocycles. The summed E-state index contributed by atoms with van der Waals surface area (Å²) in [6, 6.07) is 0. The van der Waals surface area contributed by atoms with Crippen molar-refractivity contribution in [2.75, 3.05) is 13.7 Å². The van der Waals surface area contributed by atoms with E-state index in [4.69, 9.17) is 0 Å². The summed E-state index contributed by atoms with van der Waals surface area (Å²) in [4.78, 5) is 21.1. The van der Waals surface area contributed by atoms with Crippen LogP contribution in [0.3, 0.4) is 0 Å². The second-order valence-electron chi connectivity index (χ2n) is 3.18. The highest BCUT2D eigenvalue weighted by Crippen LogP contribution is 1.98. The van der Waals surface area contributed by atoms with Gasteiger partial charge in [-0.3, -0.25) is 4.79 Å². The highest BCUT2D eigenvalue weighted by Gasteiger charge is 1.95. The van der Waals surface area contributed by atoms with Gasteiger partial charge in [0.15, 0.2) is 5.78 Å². The molecule has 16 heavy (non-hydrogen) atoms. The van der Waals surface area contributed by atoms with Crippen LogP contribution < -0.4 is 0 Å². The molecule has 0 N–H and O–H groups in total. The van der Waals surface area contributed by atoms with E-state index in [1.54, 1.807) is 12.2 Å². The van der Waals surface area contributed by atoms with Gasteiger partial charge in [-0.25, -0.2) is 4.79 Å². The van der Waals surface area contributed by atoms with Crippen LogP contribution in [0.25, 0.3) is 0 Å². The molecule has 0 aliphatic carbocycles. The summed E-state index contributed by atoms with van der Waals surface area (Å²) in [5, 5.41) is 0. The van der Waals surface area contributed by atoms with Gasteiger partial charge in [-0.2, -0.15) is 0 Å². The monoisotopic (exact) mass is 226 g/mol. The van der Waals surface area contributed by atoms with Gasteiger partial charge in [-0.1, -0.05) is 18.2 Å². The molecular formula is C12H18O4. The van der Waals surface area contributed by atoms with E-state index in [0.29, 0.717) is 0 Å². The topological polar surface area (TPSA) is 52.6 Å². The van der Waals surface area contributed by atoms with Gasteiger partial charge in [0, 0.05) is 0 Å². The lowest BCUT2D eigenvalue weighted by Gasteiger charge is -1.97. The second kappa shape index (κ2) is 9.96. The van der Waals surface area contributed by atoms with Gasteiger partial charge in [0.25, 0.3) is 0 Å². The molecule has 90 valence electrons. The van der Waals surface area contributed by atoms with Crippen molar-refractivity contribution in [1.82, 2.24) is 0 Å². The zero-order valence-electron chi connectivity index (χ0n) is 9.77. The van der Waals surface area contributed by atoms with Crippen molar-refractivity contribution >= 4 is 11.9 Å². The fraction of sp³-hybridized carbons (Fsp3) is 0.500. The van der Waals surface area contributed by atoms with E-state index in [9.17, 15) is 9.59 Å². The van der Waals surface area contributed by atoms with Crippen molar-refractivity contribution in [3.8, 4) is 0 Å². The fourth-order valence-corrected chi connectivity index (χ4v) is 0.964. The summed E-state index contributed by atoms with van der Waals surface area (Å²) < 4.78 is 8.94. The molecule has 0 saturated heterocycles. The van der Waals surface area contributed by atoms with Gasteiger partial charge in [-0.05, 0) is 32.3 Å². The van der Waals surface area contributed by atoms with Crippen molar-refractivity contribution in [2.45, 2.75) is 26.2 Å². The number of carbonyl (C=O) groups is 2. The number of methoxy groups -OCH3 is 1. The number of unbranched alkanes of at least 4 members (excludes halogenated alkanes) is 2. The standard InChI is InChI=1S/C12H18O4/c1-11(13)9-7-5-3-4-6-8-10-16-12(14)15-2/h6-9H,3-5,10H2,1-2H3/b8-6+,9-7-. The lowest BCUT2D eigenvalue weighted by atomic mass is 10.2. The van der Waals surface area contributed by atoms with E-state index >= 15 is 0 Å². The number of ketones is 1. The molecule has 0 aromatic carbocycles. The van der Waals surface area contributed by atoms with Crippen molar-refractivity contribution < 1.29 is 19.1 Å². The van der Waals surface area contributed by atoms with E-state index in [1.807, 2.05) is 12.2 Å². The molecule has 4 heteroatoms. The number of ether oxygens (including phenoxy) is 2. The molecule has 0 aromatic heterocycles. The first-order chi connectivity index (χ1) is 7.66. The number of rotatable bonds is 7. The van der Waals surface area contributed by atoms with E-state index < -0.39 is 6.16 Å². The van der Waals surface area contributed by atoms with Crippen LogP contribution in [0.4, 0.5) is 4.79 Å². The maximum Gasteiger partial charge on any atom is 0.508 e. The first-order valence-corrected chi connectivity index (χ1v) is 5.19. The van der Waals surface area contributed by atoms with Gasteiger partial charge in [-0.15, -0.1) is 0 Å². The van der Waals surface area contributed by atoms with Crippen molar-refractivity contribution in [3.63, 3.8) is 0 Å². The van der Waals surface area contributed by atoms with Crippen LogP contribution in [0.2, 0.25) is 0 Å². The average molecular weight is 226 g/mol. The Hall–Kier alpha value is -1.58. The summed E-state index contributed by atoms with van der Waals surface area (Å²) in [5.74, 6) is 0.0713. The molecule has 0 saturated carbocycles. The second-order valence-corrected chi connectivity index (χ2v) is 3.18. The van der Waals surface area contributed by atoms with Gasteiger partial charge >= 0.3 is 6.16 Å². The Balaban J connectivity index is 3.34. The zero-order valence-corrected chi connectivity index (χ0v) is 9.77. The predicted octanol–water partition coefficient (Wildman–Crippen LogP) is 2.64. The van der Waals surface area contributed by atoms with Crippen LogP contribution in [0.15, 0.2) is 24.3 Å². The maximum absolute atomic E-state index is 10.5. The minimum absolute atomic E-state index is 0.0713. The van der Waals surface area contributed by atoms with Crippen LogP contribution in [0.5, 0.6) is 0 Å². The van der Waals surface area contributed by atoms with E-state index in [-0.39, 0.29) is 12.4 Å². The molecule has 0 aliphatic heterocycles. The Morgan fingerprint density at radius 1 is 1.12 bits per heavy atom. The van der Waals surface area contributed by atoms with E-state index in [0.717, 1.165) is 19.3 Å². The molecule has 0 radical (unpaired) electrons. The third-order valence-corrected chi connectivity index (χ3v) is 1.72. The predicted molar refractivity (Wildman–Crippen MR) is 61.2 cm³/mol. The van der Waals surface area contributed by atoms with Crippen molar-refractivity contribution in [1.29, 1.82) is 0 Å². The number of allylic oxidation sites excluding steroid dienone is 3. The largest absolute Gasteiger partial charge is 0.508 e. The first kappa shape index (κ1) is 14.4. The summed E-state index contributed by atoms with van der Waals surface area (Å²) in [6.45, 7) is 1.76. The van der Waals surface area contributed by atoms with Crippen LogP contribution >= 0.6 is 0 Å². The average Bonchev–Trinajstić information content (AvgIpc) is 2.26. The Kier molecular flexibility index (Phi) is 8.97. The Morgan fingerprint density at radius 3 is 2.44 bits per heavy atom. The van der Waals surface area contributed by atoms with Crippen LogP contribution in [-0.4, -0.2) is 25.7 Å². The van der Waals surface area contributed by atoms with Crippen molar-refractivity contribution in [3.05, 3.63) is 24.3 Å². The smallest absolute Gasteiger partial charge is 0.438 e. The van der Waals surface area contributed by atoms with E-state index in [2.05, 4.69) is 9.47 Å². The number of carbonyl (C=O) groups excluding carboxylic acids is 2. The van der Waals surface area contributed by atoms with Crippen molar-refractivity contribution in [2.24, 2.45) is 0 Å². The van der Waals surface area contributed by atoms with Crippen LogP contribution in [0.1, 0.15) is 26.2 Å². The zero-order chi connectivity index (χ0) is 12.2. The van der Waals surface area contributed by atoms with Crippen LogP contribution in [0, 0.1) is 0 Å². The summed E-state index contributed by atoms with van der Waals surface area (Å²) in [6.07, 6.45) is 9.21. The Morgan fingerprint density at radius 2 is 1.81 bits per heavy atom. The minimum Gasteiger partial charge on any atom is -0.438 e. The molecule has 0 spiro atoms. The van der Waals surface area contributed by atoms with Gasteiger partial charge in [0.1, 0.15) is 6.61 Å². The Labute approximate surface area is 95.9 Å². The third kappa shape index (κ3) is 10.5. The quantitative estimate of drug-likeness (QED) is 0.290. The molecule has 0 unspecified atom stereocenters.